The Morgan fingerprint density at radius 2 is 2.11 bits per heavy atom. The lowest BCUT2D eigenvalue weighted by Crippen LogP contribution is -2.56. The highest BCUT2D eigenvalue weighted by atomic mass is 16.4. The molecule has 6 nitrogen and oxygen atoms in total. The molecule has 0 aromatic heterocycles. The third-order valence-electron chi connectivity index (χ3n) is 3.25. The lowest BCUT2D eigenvalue weighted by Gasteiger charge is -2.38. The highest BCUT2D eigenvalue weighted by Crippen LogP contribution is 2.08. The van der Waals surface area contributed by atoms with Gasteiger partial charge in [-0.25, -0.2) is 4.79 Å². The van der Waals surface area contributed by atoms with Crippen molar-refractivity contribution in [1.82, 2.24) is 15.1 Å². The number of likely N-dealkylation sites (N-methyl/N-ethyl adjacent to an activating group) is 1. The molecule has 2 N–H and O–H groups in total. The number of hydrogen-bond donors (Lipinski definition) is 2. The maximum Gasteiger partial charge on any atom is 0.317 e. The smallest absolute Gasteiger partial charge is 0.317 e. The Kier molecular flexibility index (Phi) is 5.40. The van der Waals surface area contributed by atoms with Crippen LogP contribution in [0.5, 0.6) is 0 Å². The molecular formula is C12H23N3O3. The summed E-state index contributed by atoms with van der Waals surface area (Å²) in [7, 11) is 2.04. The monoisotopic (exact) mass is 257 g/mol. The van der Waals surface area contributed by atoms with Gasteiger partial charge in [-0.15, -0.1) is 0 Å². The van der Waals surface area contributed by atoms with E-state index in [-0.39, 0.29) is 24.5 Å². The largest absolute Gasteiger partial charge is 0.481 e. The van der Waals surface area contributed by atoms with Crippen LogP contribution in [0.1, 0.15) is 26.7 Å². The number of carboxylic acid groups (broad SMARTS) is 1. The number of amides is 2. The lowest BCUT2D eigenvalue weighted by molar-refractivity contribution is -0.137. The van der Waals surface area contributed by atoms with Crippen molar-refractivity contribution >= 4 is 12.0 Å². The van der Waals surface area contributed by atoms with Crippen LogP contribution in [0.15, 0.2) is 0 Å². The van der Waals surface area contributed by atoms with Crippen molar-refractivity contribution in [2.45, 2.75) is 38.8 Å². The molecule has 1 aliphatic heterocycles. The molecule has 0 radical (unpaired) electrons. The van der Waals surface area contributed by atoms with Crippen LogP contribution in [0.2, 0.25) is 0 Å². The van der Waals surface area contributed by atoms with Gasteiger partial charge in [-0.3, -0.25) is 4.79 Å². The summed E-state index contributed by atoms with van der Waals surface area (Å²) in [5, 5.41) is 11.4. The van der Waals surface area contributed by atoms with Crippen LogP contribution in [0.4, 0.5) is 4.79 Å². The van der Waals surface area contributed by atoms with E-state index in [9.17, 15) is 9.59 Å². The molecule has 0 aromatic carbocycles. The number of carbonyl (C=O) groups excluding carboxylic acids is 1. The highest BCUT2D eigenvalue weighted by Gasteiger charge is 2.26. The first-order valence-electron chi connectivity index (χ1n) is 6.37. The summed E-state index contributed by atoms with van der Waals surface area (Å²) in [6.45, 7) is 6.33. The Bertz CT molecular complexity index is 309. The van der Waals surface area contributed by atoms with Crippen molar-refractivity contribution in [3.05, 3.63) is 0 Å². The molecular weight excluding hydrogens is 234 g/mol. The molecule has 104 valence electrons. The average Bonchev–Trinajstić information content (AvgIpc) is 2.26. The van der Waals surface area contributed by atoms with E-state index in [0.717, 1.165) is 19.6 Å². The van der Waals surface area contributed by atoms with Gasteiger partial charge in [-0.1, -0.05) is 0 Å². The number of nitrogens with zero attached hydrogens (tertiary/aromatic N) is 2. The molecule has 2 unspecified atom stereocenters. The Balaban J connectivity index is 2.37. The van der Waals surface area contributed by atoms with Crippen LogP contribution in [-0.4, -0.2) is 65.7 Å². The van der Waals surface area contributed by atoms with Crippen LogP contribution in [0, 0.1) is 0 Å². The molecule has 0 saturated carbocycles. The van der Waals surface area contributed by atoms with Gasteiger partial charge in [0.15, 0.2) is 0 Å². The summed E-state index contributed by atoms with van der Waals surface area (Å²) in [4.78, 5) is 26.5. The molecule has 6 heteroatoms. The zero-order chi connectivity index (χ0) is 13.7. The Morgan fingerprint density at radius 1 is 1.44 bits per heavy atom. The number of piperazine rings is 1. The first kappa shape index (κ1) is 14.8. The van der Waals surface area contributed by atoms with Crippen molar-refractivity contribution in [3.63, 3.8) is 0 Å². The highest BCUT2D eigenvalue weighted by molar-refractivity contribution is 5.75. The quantitative estimate of drug-likeness (QED) is 0.773. The van der Waals surface area contributed by atoms with Crippen molar-refractivity contribution in [3.8, 4) is 0 Å². The van der Waals surface area contributed by atoms with Crippen molar-refractivity contribution in [2.24, 2.45) is 0 Å². The molecule has 1 aliphatic rings. The number of urea groups is 1. The maximum atomic E-state index is 12.0. The Labute approximate surface area is 108 Å². The number of carboxylic acids is 1. The number of carbonyl (C=O) groups is 2. The first-order valence-corrected chi connectivity index (χ1v) is 6.37. The van der Waals surface area contributed by atoms with Crippen LogP contribution in [0.3, 0.4) is 0 Å². The van der Waals surface area contributed by atoms with Gasteiger partial charge in [0.1, 0.15) is 0 Å². The van der Waals surface area contributed by atoms with Crippen LogP contribution in [-0.2, 0) is 4.79 Å². The molecule has 0 aromatic rings. The van der Waals surface area contributed by atoms with Gasteiger partial charge in [0.2, 0.25) is 0 Å². The number of nitrogens with one attached hydrogen (secondary N) is 1. The number of rotatable bonds is 4. The van der Waals surface area contributed by atoms with E-state index in [1.54, 1.807) is 0 Å². The van der Waals surface area contributed by atoms with Gasteiger partial charge >= 0.3 is 12.0 Å². The Hall–Kier alpha value is -1.30. The summed E-state index contributed by atoms with van der Waals surface area (Å²) < 4.78 is 0. The fourth-order valence-corrected chi connectivity index (χ4v) is 2.15. The van der Waals surface area contributed by atoms with Gasteiger partial charge in [0.25, 0.3) is 0 Å². The van der Waals surface area contributed by atoms with E-state index in [1.807, 2.05) is 25.8 Å². The minimum atomic E-state index is -0.830. The van der Waals surface area contributed by atoms with Gasteiger partial charge in [0, 0.05) is 38.1 Å². The van der Waals surface area contributed by atoms with E-state index in [1.165, 1.54) is 0 Å². The zero-order valence-corrected chi connectivity index (χ0v) is 11.3. The fourth-order valence-electron chi connectivity index (χ4n) is 2.15. The lowest BCUT2D eigenvalue weighted by atomic mass is 10.2. The van der Waals surface area contributed by atoms with Crippen LogP contribution >= 0.6 is 0 Å². The van der Waals surface area contributed by atoms with Gasteiger partial charge in [-0.05, 0) is 27.3 Å². The predicted molar refractivity (Wildman–Crippen MR) is 68.5 cm³/mol. The van der Waals surface area contributed by atoms with Crippen molar-refractivity contribution in [1.29, 1.82) is 0 Å². The second-order valence-electron chi connectivity index (χ2n) is 5.09. The van der Waals surface area contributed by atoms with E-state index < -0.39 is 5.97 Å². The molecule has 2 atom stereocenters. The van der Waals surface area contributed by atoms with Gasteiger partial charge < -0.3 is 20.2 Å². The maximum absolute atomic E-state index is 12.0. The van der Waals surface area contributed by atoms with Crippen molar-refractivity contribution < 1.29 is 14.7 Å². The molecule has 18 heavy (non-hydrogen) atoms. The van der Waals surface area contributed by atoms with Crippen LogP contribution in [0.25, 0.3) is 0 Å². The second-order valence-corrected chi connectivity index (χ2v) is 5.09. The summed E-state index contributed by atoms with van der Waals surface area (Å²) in [5.41, 5.74) is 0. The molecule has 2 amide bonds. The SMILES string of the molecule is CC(CCC(=O)O)NC(=O)N1CCN(C)CC1C. The standard InChI is InChI=1S/C12H23N3O3/c1-9(4-5-11(16)17)13-12(18)15-7-6-14(3)8-10(15)2/h9-10H,4-8H2,1-3H3,(H,13,18)(H,16,17). The zero-order valence-electron chi connectivity index (χ0n) is 11.3. The summed E-state index contributed by atoms with van der Waals surface area (Å²) in [5.74, 6) is -0.830. The molecule has 1 fully saturated rings. The molecule has 1 saturated heterocycles. The molecule has 1 heterocycles. The minimum absolute atomic E-state index is 0.0831. The Morgan fingerprint density at radius 3 is 2.67 bits per heavy atom. The van der Waals surface area contributed by atoms with Gasteiger partial charge in [0.05, 0.1) is 0 Å². The fraction of sp³-hybridized carbons (Fsp3) is 0.833. The average molecular weight is 257 g/mol. The summed E-state index contributed by atoms with van der Waals surface area (Å²) in [6, 6.07) is -0.00984. The van der Waals surface area contributed by atoms with Crippen molar-refractivity contribution in [2.75, 3.05) is 26.7 Å². The topological polar surface area (TPSA) is 72.9 Å². The van der Waals surface area contributed by atoms with E-state index in [2.05, 4.69) is 10.2 Å². The normalized spacial score (nSPS) is 22.6. The molecule has 1 rings (SSSR count). The van der Waals surface area contributed by atoms with E-state index in [0.29, 0.717) is 6.42 Å². The van der Waals surface area contributed by atoms with E-state index >= 15 is 0 Å². The summed E-state index contributed by atoms with van der Waals surface area (Å²) >= 11 is 0. The summed E-state index contributed by atoms with van der Waals surface area (Å²) in [6.07, 6.45) is 0.545. The first-order chi connectivity index (χ1) is 8.40. The molecule has 0 aliphatic carbocycles. The van der Waals surface area contributed by atoms with Gasteiger partial charge in [-0.2, -0.15) is 0 Å². The molecule has 0 bridgehead atoms. The molecule has 0 spiro atoms. The second kappa shape index (κ2) is 6.58. The predicted octanol–water partition coefficient (Wildman–Crippen LogP) is 0.585. The third-order valence-corrected chi connectivity index (χ3v) is 3.25. The van der Waals surface area contributed by atoms with E-state index in [4.69, 9.17) is 5.11 Å². The number of hydrogen-bond acceptors (Lipinski definition) is 3. The third kappa shape index (κ3) is 4.52. The van der Waals surface area contributed by atoms with Crippen LogP contribution < -0.4 is 5.32 Å². The number of aliphatic carboxylic acids is 1. The minimum Gasteiger partial charge on any atom is -0.481 e.